The molecule has 3 N–H and O–H groups in total. The zero-order chi connectivity index (χ0) is 18.1. The van der Waals surface area contributed by atoms with E-state index in [0.717, 1.165) is 38.5 Å². The average molecular weight is 362 g/mol. The summed E-state index contributed by atoms with van der Waals surface area (Å²) in [6, 6.07) is 0.555. The topological polar surface area (TPSA) is 115 Å². The summed E-state index contributed by atoms with van der Waals surface area (Å²) in [5.74, 6) is -0.0990. The van der Waals surface area contributed by atoms with E-state index in [1.165, 1.54) is 0 Å². The van der Waals surface area contributed by atoms with Crippen molar-refractivity contribution < 1.29 is 14.3 Å². The zero-order valence-electron chi connectivity index (χ0n) is 14.9. The van der Waals surface area contributed by atoms with Crippen molar-refractivity contribution in [3.05, 3.63) is 11.9 Å². The molecule has 3 fully saturated rings. The normalized spacial score (nSPS) is 32.2. The van der Waals surface area contributed by atoms with Gasteiger partial charge in [0.2, 0.25) is 0 Å². The van der Waals surface area contributed by atoms with Gasteiger partial charge in [-0.1, -0.05) is 5.21 Å². The molecule has 1 aliphatic carbocycles. The van der Waals surface area contributed by atoms with Crippen LogP contribution >= 0.6 is 0 Å². The van der Waals surface area contributed by atoms with Gasteiger partial charge in [0.1, 0.15) is 5.60 Å². The summed E-state index contributed by atoms with van der Waals surface area (Å²) in [4.78, 5) is 26.0. The Morgan fingerprint density at radius 3 is 2.81 bits per heavy atom. The lowest BCUT2D eigenvalue weighted by atomic mass is 9.92. The summed E-state index contributed by atoms with van der Waals surface area (Å²) in [7, 11) is 0. The van der Waals surface area contributed by atoms with Crippen LogP contribution in [0.3, 0.4) is 0 Å². The van der Waals surface area contributed by atoms with Crippen LogP contribution in [0.2, 0.25) is 0 Å². The number of aromatic nitrogens is 3. The minimum atomic E-state index is -0.468. The Balaban J connectivity index is 1.39. The maximum atomic E-state index is 12.8. The van der Waals surface area contributed by atoms with Gasteiger partial charge in [-0.25, -0.2) is 9.48 Å². The van der Waals surface area contributed by atoms with Crippen LogP contribution in [0, 0.1) is 0 Å². The zero-order valence-corrected chi connectivity index (χ0v) is 14.9. The molecule has 4 rings (SSSR count). The second-order valence-corrected chi connectivity index (χ2v) is 7.72. The molecule has 9 heteroatoms. The third kappa shape index (κ3) is 3.40. The number of nitrogens with zero attached hydrogens (tertiary/aromatic N) is 4. The Kier molecular flexibility index (Phi) is 4.56. The van der Waals surface area contributed by atoms with Gasteiger partial charge in [-0.05, 0) is 38.5 Å². The highest BCUT2D eigenvalue weighted by Gasteiger charge is 2.42. The van der Waals surface area contributed by atoms with Crippen LogP contribution in [0.5, 0.6) is 0 Å². The fourth-order valence-corrected chi connectivity index (χ4v) is 4.23. The third-order valence-corrected chi connectivity index (χ3v) is 5.89. The molecule has 1 aromatic rings. The van der Waals surface area contributed by atoms with Gasteiger partial charge in [0, 0.05) is 25.6 Å². The number of alkyl carbamates (subject to hydrolysis) is 1. The number of likely N-dealkylation sites (tertiary alicyclic amines) is 1. The van der Waals surface area contributed by atoms with Crippen molar-refractivity contribution in [3.8, 4) is 0 Å². The van der Waals surface area contributed by atoms with E-state index < -0.39 is 5.60 Å². The molecular formula is C17H26N6O3. The molecule has 142 valence electrons. The highest BCUT2D eigenvalue weighted by Crippen LogP contribution is 2.30. The first-order valence-corrected chi connectivity index (χ1v) is 9.48. The van der Waals surface area contributed by atoms with Crippen LogP contribution in [-0.2, 0) is 4.74 Å². The van der Waals surface area contributed by atoms with Gasteiger partial charge >= 0.3 is 6.09 Å². The van der Waals surface area contributed by atoms with Crippen molar-refractivity contribution in [3.63, 3.8) is 0 Å². The smallest absolute Gasteiger partial charge is 0.407 e. The molecule has 1 saturated carbocycles. The number of rotatable bonds is 2. The van der Waals surface area contributed by atoms with Crippen molar-refractivity contribution in [1.29, 1.82) is 0 Å². The minimum absolute atomic E-state index is 0.0990. The number of ether oxygens (including phenoxy) is 1. The van der Waals surface area contributed by atoms with E-state index in [2.05, 4.69) is 15.6 Å². The molecule has 2 amide bonds. The van der Waals surface area contributed by atoms with Crippen LogP contribution in [0.25, 0.3) is 0 Å². The summed E-state index contributed by atoms with van der Waals surface area (Å²) in [6.07, 6.45) is 7.53. The molecule has 1 aromatic heterocycles. The fraction of sp³-hybridized carbons (Fsp3) is 0.765. The maximum Gasteiger partial charge on any atom is 0.407 e. The van der Waals surface area contributed by atoms with Crippen LogP contribution in [0.4, 0.5) is 4.79 Å². The Morgan fingerprint density at radius 1 is 1.27 bits per heavy atom. The average Bonchev–Trinajstić information content (AvgIpc) is 3.20. The van der Waals surface area contributed by atoms with Gasteiger partial charge < -0.3 is 20.7 Å². The largest absolute Gasteiger partial charge is 0.441 e. The first kappa shape index (κ1) is 17.3. The molecule has 0 unspecified atom stereocenters. The number of carbonyl (C=O) groups is 2. The molecule has 2 saturated heterocycles. The van der Waals surface area contributed by atoms with E-state index in [9.17, 15) is 9.59 Å². The van der Waals surface area contributed by atoms with E-state index in [0.29, 0.717) is 31.7 Å². The van der Waals surface area contributed by atoms with Crippen molar-refractivity contribution in [1.82, 2.24) is 25.2 Å². The van der Waals surface area contributed by atoms with Gasteiger partial charge in [0.05, 0.1) is 18.8 Å². The first-order chi connectivity index (χ1) is 12.5. The van der Waals surface area contributed by atoms with Gasteiger partial charge in [-0.3, -0.25) is 4.79 Å². The summed E-state index contributed by atoms with van der Waals surface area (Å²) < 4.78 is 7.29. The molecule has 0 aromatic carbocycles. The predicted octanol–water partition coefficient (Wildman–Crippen LogP) is 0.825. The number of nitrogens with one attached hydrogen (secondary N) is 1. The lowest BCUT2D eigenvalue weighted by Crippen LogP contribution is -2.36. The lowest BCUT2D eigenvalue weighted by Gasteiger charge is -2.25. The molecule has 3 heterocycles. The molecule has 9 nitrogen and oxygen atoms in total. The van der Waals surface area contributed by atoms with E-state index in [1.54, 1.807) is 11.1 Å². The first-order valence-electron chi connectivity index (χ1n) is 9.48. The molecule has 1 spiro atoms. The number of amides is 2. The Bertz CT molecular complexity index is 684. The molecular weight excluding hydrogens is 336 g/mol. The summed E-state index contributed by atoms with van der Waals surface area (Å²) in [5, 5.41) is 11.0. The second-order valence-electron chi connectivity index (χ2n) is 7.72. The minimum Gasteiger partial charge on any atom is -0.441 e. The summed E-state index contributed by atoms with van der Waals surface area (Å²) >= 11 is 0. The Labute approximate surface area is 152 Å². The van der Waals surface area contributed by atoms with Crippen LogP contribution < -0.4 is 11.1 Å². The molecule has 0 radical (unpaired) electrons. The van der Waals surface area contributed by atoms with Crippen LogP contribution in [0.1, 0.15) is 61.5 Å². The number of nitrogens with two attached hydrogens (primary N) is 1. The van der Waals surface area contributed by atoms with Crippen molar-refractivity contribution in [2.75, 3.05) is 19.6 Å². The Hall–Kier alpha value is -2.16. The summed E-state index contributed by atoms with van der Waals surface area (Å²) in [6.45, 7) is 1.72. The number of hydrogen-bond donors (Lipinski definition) is 2. The Morgan fingerprint density at radius 2 is 2.08 bits per heavy atom. The number of hydrogen-bond acceptors (Lipinski definition) is 6. The lowest BCUT2D eigenvalue weighted by molar-refractivity contribution is 0.0438. The molecule has 2 aliphatic heterocycles. The van der Waals surface area contributed by atoms with Gasteiger partial charge in [0.15, 0.2) is 5.69 Å². The van der Waals surface area contributed by atoms with E-state index in [1.807, 2.05) is 4.68 Å². The highest BCUT2D eigenvalue weighted by molar-refractivity contribution is 5.92. The molecule has 26 heavy (non-hydrogen) atoms. The predicted molar refractivity (Wildman–Crippen MR) is 92.5 cm³/mol. The SMILES string of the molecule is NC1CCC(n2cc(C(=O)N3CCC[C@]4(CC3)CNC(=O)O4)nn2)CC1. The van der Waals surface area contributed by atoms with Gasteiger partial charge in [0.25, 0.3) is 5.91 Å². The van der Waals surface area contributed by atoms with Crippen LogP contribution in [0.15, 0.2) is 6.20 Å². The van der Waals surface area contributed by atoms with Crippen molar-refractivity contribution in [2.24, 2.45) is 5.73 Å². The van der Waals surface area contributed by atoms with Crippen molar-refractivity contribution in [2.45, 2.75) is 62.6 Å². The fourth-order valence-electron chi connectivity index (χ4n) is 4.23. The second kappa shape index (κ2) is 6.86. The maximum absolute atomic E-state index is 12.8. The molecule has 3 aliphatic rings. The van der Waals surface area contributed by atoms with Gasteiger partial charge in [-0.15, -0.1) is 5.10 Å². The summed E-state index contributed by atoms with van der Waals surface area (Å²) in [5.41, 5.74) is 5.88. The van der Waals surface area contributed by atoms with Crippen LogP contribution in [-0.4, -0.2) is 63.2 Å². The quantitative estimate of drug-likeness (QED) is 0.805. The monoisotopic (exact) mass is 362 g/mol. The van der Waals surface area contributed by atoms with E-state index in [4.69, 9.17) is 10.5 Å². The third-order valence-electron chi connectivity index (χ3n) is 5.89. The van der Waals surface area contributed by atoms with E-state index >= 15 is 0 Å². The number of carbonyl (C=O) groups excluding carboxylic acids is 2. The van der Waals surface area contributed by atoms with E-state index in [-0.39, 0.29) is 24.1 Å². The highest BCUT2D eigenvalue weighted by atomic mass is 16.6. The van der Waals surface area contributed by atoms with Gasteiger partial charge in [-0.2, -0.15) is 0 Å². The molecule has 1 atom stereocenters. The molecule has 0 bridgehead atoms. The standard InChI is InChI=1S/C17H26N6O3/c18-12-2-4-13(5-3-12)23-10-14(20-21-23)15(24)22-8-1-6-17(7-9-22)11-19-16(25)26-17/h10,12-13H,1-9,11,18H2,(H,19,25)/t12?,13?,17-/m0/s1. The van der Waals surface area contributed by atoms with Crippen molar-refractivity contribution >= 4 is 12.0 Å².